The quantitative estimate of drug-likeness (QED) is 0.464. The summed E-state index contributed by atoms with van der Waals surface area (Å²) in [5, 5.41) is 8.79. The average molecular weight is 442 g/mol. The van der Waals surface area contributed by atoms with Crippen molar-refractivity contribution >= 4 is 23.6 Å². The first kappa shape index (κ1) is 22.4. The number of carbonyl (C=O) groups excluding carboxylic acids is 1. The molecule has 0 fully saturated rings. The first-order chi connectivity index (χ1) is 14.9. The molecule has 0 saturated carbocycles. The molecule has 0 bridgehead atoms. The maximum Gasteiger partial charge on any atom is 0.247 e. The summed E-state index contributed by atoms with van der Waals surface area (Å²) in [5.41, 5.74) is 1.50. The Kier molecular flexibility index (Phi) is 7.31. The largest absolute Gasteiger partial charge is 0.497 e. The Morgan fingerprint density at radius 1 is 1.13 bits per heavy atom. The summed E-state index contributed by atoms with van der Waals surface area (Å²) in [5.74, 6) is 1.85. The van der Waals surface area contributed by atoms with Gasteiger partial charge in [-0.15, -0.1) is 10.2 Å². The van der Waals surface area contributed by atoms with Crippen LogP contribution in [0.15, 0.2) is 53.0 Å². The summed E-state index contributed by atoms with van der Waals surface area (Å²) < 4.78 is 16.4. The second-order valence-corrected chi connectivity index (χ2v) is 7.45. The molecule has 1 aromatic heterocycles. The van der Waals surface area contributed by atoms with Crippen LogP contribution in [0.1, 0.15) is 25.3 Å². The first-order valence-corrected chi connectivity index (χ1v) is 10.1. The van der Waals surface area contributed by atoms with Crippen molar-refractivity contribution in [1.82, 2.24) is 15.1 Å². The molecule has 3 rings (SSSR count). The molecule has 0 saturated heterocycles. The van der Waals surface area contributed by atoms with Crippen LogP contribution < -0.4 is 9.47 Å². The van der Waals surface area contributed by atoms with E-state index in [1.807, 2.05) is 13.8 Å². The molecular weight excluding hydrogens is 418 g/mol. The third-order valence-electron chi connectivity index (χ3n) is 4.61. The van der Waals surface area contributed by atoms with Crippen LogP contribution >= 0.6 is 11.6 Å². The fraction of sp³-hybridized carbons (Fsp3) is 0.261. The second kappa shape index (κ2) is 10.1. The molecule has 0 spiro atoms. The zero-order chi connectivity index (χ0) is 22.4. The molecule has 0 aliphatic carbocycles. The Morgan fingerprint density at radius 3 is 2.52 bits per heavy atom. The van der Waals surface area contributed by atoms with E-state index in [2.05, 4.69) is 10.2 Å². The molecule has 7 nitrogen and oxygen atoms in total. The van der Waals surface area contributed by atoms with Crippen LogP contribution in [-0.2, 0) is 11.3 Å². The van der Waals surface area contributed by atoms with E-state index < -0.39 is 0 Å². The van der Waals surface area contributed by atoms with Crippen LogP contribution in [-0.4, -0.2) is 41.3 Å². The minimum atomic E-state index is -0.189. The van der Waals surface area contributed by atoms with Gasteiger partial charge < -0.3 is 18.8 Å². The number of rotatable bonds is 8. The van der Waals surface area contributed by atoms with Gasteiger partial charge in [0.25, 0.3) is 0 Å². The normalized spacial score (nSPS) is 11.2. The van der Waals surface area contributed by atoms with Crippen LogP contribution in [0, 0.1) is 0 Å². The SMILES string of the molecule is COc1ccc(OC)c(C=CC(=O)N(Cc2nnc(-c3ccc(Cl)cc3)o2)C(C)C)c1. The predicted molar refractivity (Wildman–Crippen MR) is 119 cm³/mol. The number of halogens is 1. The van der Waals surface area contributed by atoms with Crippen LogP contribution in [0.3, 0.4) is 0 Å². The van der Waals surface area contributed by atoms with Gasteiger partial charge in [0.1, 0.15) is 11.5 Å². The molecule has 0 aliphatic rings. The number of ether oxygens (including phenoxy) is 2. The lowest BCUT2D eigenvalue weighted by atomic mass is 10.1. The van der Waals surface area contributed by atoms with E-state index in [4.69, 9.17) is 25.5 Å². The van der Waals surface area contributed by atoms with Gasteiger partial charge in [0.05, 0.1) is 20.8 Å². The van der Waals surface area contributed by atoms with Crippen molar-refractivity contribution in [2.75, 3.05) is 14.2 Å². The fourth-order valence-electron chi connectivity index (χ4n) is 2.91. The molecule has 8 heteroatoms. The highest BCUT2D eigenvalue weighted by atomic mass is 35.5. The highest BCUT2D eigenvalue weighted by Crippen LogP contribution is 2.25. The predicted octanol–water partition coefficient (Wildman–Crippen LogP) is 4.86. The van der Waals surface area contributed by atoms with Crippen molar-refractivity contribution in [3.8, 4) is 23.0 Å². The van der Waals surface area contributed by atoms with Crippen LogP contribution in [0.2, 0.25) is 5.02 Å². The standard InChI is InChI=1S/C23H24ClN3O4/c1-15(2)27(14-21-25-26-23(31-21)16-5-8-18(24)9-6-16)22(28)12-7-17-13-19(29-3)10-11-20(17)30-4/h5-13,15H,14H2,1-4H3. The molecule has 162 valence electrons. The van der Waals surface area contributed by atoms with Crippen LogP contribution in [0.5, 0.6) is 11.5 Å². The number of nitrogens with zero attached hydrogens (tertiary/aromatic N) is 3. The van der Waals surface area contributed by atoms with Crippen LogP contribution in [0.4, 0.5) is 0 Å². The van der Waals surface area contributed by atoms with Gasteiger partial charge in [-0.2, -0.15) is 0 Å². The summed E-state index contributed by atoms with van der Waals surface area (Å²) in [6, 6.07) is 12.4. The van der Waals surface area contributed by atoms with Crippen molar-refractivity contribution in [3.63, 3.8) is 0 Å². The molecule has 3 aromatic rings. The highest BCUT2D eigenvalue weighted by Gasteiger charge is 2.19. The molecule has 0 unspecified atom stereocenters. The zero-order valence-electron chi connectivity index (χ0n) is 17.8. The molecule has 1 heterocycles. The van der Waals surface area contributed by atoms with E-state index in [0.29, 0.717) is 28.3 Å². The van der Waals surface area contributed by atoms with Gasteiger partial charge in [-0.05, 0) is 62.4 Å². The Hall–Kier alpha value is -3.32. The second-order valence-electron chi connectivity index (χ2n) is 7.01. The van der Waals surface area contributed by atoms with Crippen LogP contribution in [0.25, 0.3) is 17.5 Å². The maximum absolute atomic E-state index is 12.9. The molecule has 0 N–H and O–H groups in total. The Morgan fingerprint density at radius 2 is 1.87 bits per heavy atom. The van der Waals surface area contributed by atoms with E-state index in [-0.39, 0.29) is 18.5 Å². The fourth-order valence-corrected chi connectivity index (χ4v) is 3.04. The lowest BCUT2D eigenvalue weighted by Crippen LogP contribution is -2.35. The lowest BCUT2D eigenvalue weighted by Gasteiger charge is -2.23. The van der Waals surface area contributed by atoms with Crippen molar-refractivity contribution in [3.05, 3.63) is 65.0 Å². The minimum absolute atomic E-state index is 0.0739. The maximum atomic E-state index is 12.9. The van der Waals surface area contributed by atoms with Crippen molar-refractivity contribution < 1.29 is 18.7 Å². The monoisotopic (exact) mass is 441 g/mol. The number of carbonyl (C=O) groups is 1. The van der Waals surface area contributed by atoms with Crippen molar-refractivity contribution in [2.45, 2.75) is 26.4 Å². The van der Waals surface area contributed by atoms with E-state index in [0.717, 1.165) is 11.1 Å². The third-order valence-corrected chi connectivity index (χ3v) is 4.86. The third kappa shape index (κ3) is 5.64. The Bertz CT molecular complexity index is 1060. The number of aromatic nitrogens is 2. The zero-order valence-corrected chi connectivity index (χ0v) is 18.6. The number of amides is 1. The van der Waals surface area contributed by atoms with Gasteiger partial charge in [-0.25, -0.2) is 0 Å². The summed E-state index contributed by atoms with van der Waals surface area (Å²) >= 11 is 5.92. The average Bonchev–Trinajstić information content (AvgIpc) is 3.24. The first-order valence-electron chi connectivity index (χ1n) is 9.70. The lowest BCUT2D eigenvalue weighted by molar-refractivity contribution is -0.128. The van der Waals surface area contributed by atoms with E-state index >= 15 is 0 Å². The Labute approximate surface area is 186 Å². The van der Waals surface area contributed by atoms with Gasteiger partial charge in [0.2, 0.25) is 17.7 Å². The summed E-state index contributed by atoms with van der Waals surface area (Å²) in [6.45, 7) is 4.04. The van der Waals surface area contributed by atoms with Gasteiger partial charge >= 0.3 is 0 Å². The minimum Gasteiger partial charge on any atom is -0.497 e. The van der Waals surface area contributed by atoms with Gasteiger partial charge in [-0.3, -0.25) is 4.79 Å². The Balaban J connectivity index is 1.76. The topological polar surface area (TPSA) is 77.7 Å². The number of methoxy groups -OCH3 is 2. The summed E-state index contributed by atoms with van der Waals surface area (Å²) in [4.78, 5) is 14.5. The molecule has 1 amide bonds. The number of hydrogen-bond acceptors (Lipinski definition) is 6. The summed E-state index contributed by atoms with van der Waals surface area (Å²) in [7, 11) is 3.17. The summed E-state index contributed by atoms with van der Waals surface area (Å²) in [6.07, 6.45) is 3.19. The van der Waals surface area contributed by atoms with Gasteiger partial charge in [-0.1, -0.05) is 11.6 Å². The van der Waals surface area contributed by atoms with E-state index in [1.54, 1.807) is 67.7 Å². The number of hydrogen-bond donors (Lipinski definition) is 0. The molecule has 0 radical (unpaired) electrons. The molecule has 0 atom stereocenters. The smallest absolute Gasteiger partial charge is 0.247 e. The van der Waals surface area contributed by atoms with Gasteiger partial charge in [0.15, 0.2) is 0 Å². The van der Waals surface area contributed by atoms with Gasteiger partial charge in [0, 0.05) is 28.3 Å². The highest BCUT2D eigenvalue weighted by molar-refractivity contribution is 6.30. The molecular formula is C23H24ClN3O4. The van der Waals surface area contributed by atoms with Crippen molar-refractivity contribution in [1.29, 1.82) is 0 Å². The number of benzene rings is 2. The van der Waals surface area contributed by atoms with Crippen molar-refractivity contribution in [2.24, 2.45) is 0 Å². The van der Waals surface area contributed by atoms with E-state index in [1.165, 1.54) is 6.08 Å². The van der Waals surface area contributed by atoms with E-state index in [9.17, 15) is 4.79 Å². The molecule has 0 aliphatic heterocycles. The molecule has 2 aromatic carbocycles. The molecule has 31 heavy (non-hydrogen) atoms.